The van der Waals surface area contributed by atoms with Crippen molar-refractivity contribution in [3.05, 3.63) is 186 Å². The van der Waals surface area contributed by atoms with Crippen LogP contribution in [0.3, 0.4) is 0 Å². The topological polar surface area (TPSA) is 26.8 Å². The monoisotopic (exact) mass is 1100 g/mol. The molecule has 8 heteroatoms. The number of rotatable bonds is 7. The molecule has 0 radical (unpaired) electrons. The van der Waals surface area contributed by atoms with Crippen LogP contribution in [0.25, 0.3) is 0 Å². The van der Waals surface area contributed by atoms with Gasteiger partial charge >= 0.3 is 0 Å². The minimum absolute atomic E-state index is 0.456. The van der Waals surface area contributed by atoms with E-state index in [1.807, 2.05) is 0 Å². The Hall–Kier alpha value is -3.57. The van der Waals surface area contributed by atoms with Crippen molar-refractivity contribution in [3.63, 3.8) is 0 Å². The van der Waals surface area contributed by atoms with Gasteiger partial charge in [0, 0.05) is 51.3 Å². The van der Waals surface area contributed by atoms with E-state index < -0.39 is 31.7 Å². The first kappa shape index (κ1) is 59.5. The molecule has 6 atom stereocenters. The molecule has 0 N–H and O–H groups in total. The molecule has 410 valence electrons. The van der Waals surface area contributed by atoms with Gasteiger partial charge in [-0.1, -0.05) is 151 Å². The fourth-order valence-corrected chi connectivity index (χ4v) is 26.6. The lowest BCUT2D eigenvalue weighted by atomic mass is 9.87. The Morgan fingerprint density at radius 2 is 0.649 bits per heavy atom. The van der Waals surface area contributed by atoms with Gasteiger partial charge in [0.2, 0.25) is 6.41 Å². The molecule has 6 aromatic rings. The number of hydrogen-bond donors (Lipinski definition) is 0. The third-order valence-corrected chi connectivity index (χ3v) is 28.3. The Kier molecular flexibility index (Phi) is 21.1. The molecule has 0 aromatic heterocycles. The summed E-state index contributed by atoms with van der Waals surface area (Å²) in [5.41, 5.74) is 24.2. The number of fused-ring (bicyclic) bond motifs is 2. The molecule has 1 saturated heterocycles. The number of benzene rings is 6. The van der Waals surface area contributed by atoms with Crippen LogP contribution in [-0.2, 0) is 17.6 Å². The van der Waals surface area contributed by atoms with Crippen LogP contribution in [0.4, 0.5) is 0 Å². The number of carbonyl (C=O) groups excluding carboxylic acids is 1. The Balaban J connectivity index is 0.00000150. The largest absolute Gasteiger partial charge is 0.351 e. The summed E-state index contributed by atoms with van der Waals surface area (Å²) in [4.78, 5) is 17.1. The van der Waals surface area contributed by atoms with Crippen LogP contribution >= 0.6 is 31.7 Å². The molecule has 0 unspecified atom stereocenters. The van der Waals surface area contributed by atoms with Crippen LogP contribution in [0.2, 0.25) is 0 Å². The van der Waals surface area contributed by atoms with E-state index in [4.69, 9.17) is 0 Å². The van der Waals surface area contributed by atoms with Gasteiger partial charge in [0.1, 0.15) is 0 Å². The molecule has 77 heavy (non-hydrogen) atoms. The van der Waals surface area contributed by atoms with Gasteiger partial charge in [0.25, 0.3) is 0 Å². The van der Waals surface area contributed by atoms with Gasteiger partial charge in [-0.05, 0) is 247 Å². The smallest absolute Gasteiger partial charge is 0.209 e. The molecule has 4 nitrogen and oxygen atoms in total. The summed E-state index contributed by atoms with van der Waals surface area (Å²) in [7, 11) is 1.45. The van der Waals surface area contributed by atoms with E-state index >= 15 is 0 Å². The lowest BCUT2D eigenvalue weighted by Crippen LogP contribution is -2.37. The number of hydrogen-bond acceptors (Lipinski definition) is 3. The van der Waals surface area contributed by atoms with Crippen molar-refractivity contribution >= 4 is 59.3 Å². The van der Waals surface area contributed by atoms with Gasteiger partial charge in [0.15, 0.2) is 0 Å². The maximum Gasteiger partial charge on any atom is 0.209 e. The summed E-state index contributed by atoms with van der Waals surface area (Å²) >= 11 is 0. The highest BCUT2D eigenvalue weighted by molar-refractivity contribution is 7.68. The second-order valence-electron chi connectivity index (χ2n) is 23.8. The third kappa shape index (κ3) is 14.7. The molecule has 1 amide bonds. The zero-order valence-corrected chi connectivity index (χ0v) is 53.4. The Bertz CT molecular complexity index is 2580. The Morgan fingerprint density at radius 1 is 0.403 bits per heavy atom. The fourth-order valence-electron chi connectivity index (χ4n) is 14.2. The van der Waals surface area contributed by atoms with Gasteiger partial charge < -0.3 is 4.90 Å². The average molecular weight is 1100 g/mol. The lowest BCUT2D eigenvalue weighted by Gasteiger charge is -2.42. The lowest BCUT2D eigenvalue weighted by molar-refractivity contribution is -0.115. The Labute approximate surface area is 472 Å². The number of nitrogens with zero attached hydrogens (tertiary/aromatic N) is 3. The van der Waals surface area contributed by atoms with Crippen LogP contribution < -0.4 is 21.2 Å². The van der Waals surface area contributed by atoms with Gasteiger partial charge in [-0.2, -0.15) is 0 Å². The molecule has 1 fully saturated rings. The second-order valence-corrected chi connectivity index (χ2v) is 32.8. The van der Waals surface area contributed by atoms with E-state index in [0.717, 1.165) is 6.41 Å². The van der Waals surface area contributed by atoms with Crippen LogP contribution in [-0.4, -0.2) is 85.0 Å². The highest BCUT2D eigenvalue weighted by Gasteiger charge is 2.35. The fraction of sp³-hybridized carbons (Fsp3) is 0.464. The SMILES string of the molecule is CN(C)C=O.Cc1cc(C)c([P@]2CCC[P@](c3c(C)cc(C)cc3C)CN([C@H]3CCCc4ccccc43)C[P@@](c3c(C)cc(C)cc3C)CCC[P@](c3c(C)cc(C)cc3C)CN([C@H]3CCCc4ccccc43)C2)c(C)c1. The second kappa shape index (κ2) is 27.3. The first-order valence-electron chi connectivity index (χ1n) is 29.0. The predicted octanol–water partition coefficient (Wildman–Crippen LogP) is 16.0. The number of carbonyl (C=O) groups is 1. The standard InChI is InChI=1S/C66H86N2P4.C3H7NO/c1-45-33-49(5)63(50(6)34-45)69-29-19-30-70(64-51(7)35-46(2)36-52(64)8)43-68(62-28-18-24-58-22-14-16-26-60(58)62)44-72(66-55(11)39-48(4)40-56(66)12)32-20-31-71(65-53(9)37-47(3)38-54(65)10)42-67(41-69)61-27-17-23-57-21-13-15-25-59(57)61;1-4(2)3-5/h13-16,21-22,25-26,33-40,61-62H,17-20,23-24,27-32,41-44H2,1-12H3;3H,1-2H3/t61-,62-,69-,70-,71-,72+;/m0./s1. The van der Waals surface area contributed by atoms with Crippen molar-refractivity contribution in [1.82, 2.24) is 14.7 Å². The molecule has 2 aliphatic carbocycles. The number of amides is 1. The Morgan fingerprint density at radius 3 is 0.896 bits per heavy atom. The number of aryl methyl sites for hydroxylation is 14. The van der Waals surface area contributed by atoms with E-state index in [-0.39, 0.29) is 0 Å². The third-order valence-electron chi connectivity index (χ3n) is 16.7. The quantitative estimate of drug-likeness (QED) is 0.118. The van der Waals surface area contributed by atoms with E-state index in [2.05, 4.69) is 190 Å². The van der Waals surface area contributed by atoms with Gasteiger partial charge in [0.05, 0.1) is 0 Å². The molecule has 1 heterocycles. The van der Waals surface area contributed by atoms with Gasteiger partial charge in [-0.15, -0.1) is 0 Å². The van der Waals surface area contributed by atoms with E-state index in [0.29, 0.717) is 12.1 Å². The van der Waals surface area contributed by atoms with Crippen LogP contribution in [0.15, 0.2) is 97.1 Å². The summed E-state index contributed by atoms with van der Waals surface area (Å²) in [6, 6.07) is 40.2. The van der Waals surface area contributed by atoms with E-state index in [1.165, 1.54) is 173 Å². The van der Waals surface area contributed by atoms with Crippen molar-refractivity contribution in [2.45, 2.75) is 147 Å². The van der Waals surface area contributed by atoms with Crippen LogP contribution in [0.5, 0.6) is 0 Å². The molecular formula is C69H93N3OP4. The highest BCUT2D eigenvalue weighted by atomic mass is 31.1. The summed E-state index contributed by atoms with van der Waals surface area (Å²) < 4.78 is 0. The zero-order chi connectivity index (χ0) is 55.1. The van der Waals surface area contributed by atoms with E-state index in [9.17, 15) is 4.79 Å². The zero-order valence-electron chi connectivity index (χ0n) is 49.8. The van der Waals surface area contributed by atoms with Crippen molar-refractivity contribution in [1.29, 1.82) is 0 Å². The molecule has 9 rings (SSSR count). The molecule has 0 bridgehead atoms. The van der Waals surface area contributed by atoms with Crippen LogP contribution in [0, 0.1) is 83.1 Å². The minimum atomic E-state index is -0.481. The summed E-state index contributed by atoms with van der Waals surface area (Å²) in [6.45, 7) is 28.8. The van der Waals surface area contributed by atoms with E-state index in [1.54, 1.807) is 57.6 Å². The van der Waals surface area contributed by atoms with Crippen molar-refractivity contribution in [2.24, 2.45) is 0 Å². The first-order chi connectivity index (χ1) is 36.9. The molecule has 0 spiro atoms. The summed E-state index contributed by atoms with van der Waals surface area (Å²) in [6.07, 6.45) is 20.7. The molecular weight excluding hydrogens is 1010 g/mol. The minimum Gasteiger partial charge on any atom is -0.351 e. The normalized spacial score (nSPS) is 22.1. The molecule has 0 saturated carbocycles. The average Bonchev–Trinajstić information content (AvgIpc) is 3.38. The highest BCUT2D eigenvalue weighted by Crippen LogP contribution is 2.53. The van der Waals surface area contributed by atoms with Crippen molar-refractivity contribution < 1.29 is 4.79 Å². The molecule has 6 aromatic carbocycles. The first-order valence-corrected chi connectivity index (χ1v) is 35.8. The molecule has 3 aliphatic rings. The van der Waals surface area contributed by atoms with Crippen LogP contribution in [0.1, 0.15) is 140 Å². The summed E-state index contributed by atoms with van der Waals surface area (Å²) in [5, 5.41) is 6.78. The molecule has 1 aliphatic heterocycles. The van der Waals surface area contributed by atoms with Crippen molar-refractivity contribution in [3.8, 4) is 0 Å². The summed E-state index contributed by atoms with van der Waals surface area (Å²) in [5.74, 6) is 0. The van der Waals surface area contributed by atoms with Gasteiger partial charge in [-0.3, -0.25) is 14.6 Å². The maximum atomic E-state index is 9.43. The van der Waals surface area contributed by atoms with Crippen molar-refractivity contribution in [2.75, 3.05) is 63.9 Å². The predicted molar refractivity (Wildman–Crippen MR) is 345 cm³/mol. The maximum absolute atomic E-state index is 9.43. The van der Waals surface area contributed by atoms with Gasteiger partial charge in [-0.25, -0.2) is 0 Å².